The maximum Gasteiger partial charge on any atom is 0.282 e. The Bertz CT molecular complexity index is 994. The summed E-state index contributed by atoms with van der Waals surface area (Å²) in [5.74, 6) is -0.00837. The summed E-state index contributed by atoms with van der Waals surface area (Å²) in [4.78, 5) is 15.2. The highest BCUT2D eigenvalue weighted by Gasteiger charge is 2.38. The van der Waals surface area contributed by atoms with Gasteiger partial charge >= 0.3 is 0 Å². The minimum atomic E-state index is -3.44. The Morgan fingerprint density at radius 1 is 1.10 bits per heavy atom. The lowest BCUT2D eigenvalue weighted by molar-refractivity contribution is 0.0831. The number of hydrogen-bond donors (Lipinski definition) is 0. The SMILES string of the molecule is CN(C)C(=O)c1sc2ccccc2c1C[C@H]1CCCCN1S(=O)(=O)N1CCCC1. The fourth-order valence-corrected chi connectivity index (χ4v) is 7.65. The third-order valence-electron chi connectivity index (χ3n) is 6.00. The number of piperidine rings is 1. The standard InChI is InChI=1S/C21H29N3O3S2/c1-22(2)21(25)20-18(17-10-3-4-11-19(17)28-20)15-16-9-5-6-14-24(16)29(26,27)23-12-7-8-13-23/h3-4,10-11,16H,5-9,12-15H2,1-2H3/t16-/m1/s1. The summed E-state index contributed by atoms with van der Waals surface area (Å²) in [5, 5.41) is 1.08. The second kappa shape index (κ2) is 8.34. The zero-order valence-corrected chi connectivity index (χ0v) is 18.8. The van der Waals surface area contributed by atoms with Gasteiger partial charge in [-0.25, -0.2) is 0 Å². The fourth-order valence-electron chi connectivity index (χ4n) is 4.46. The number of hydrogen-bond acceptors (Lipinski definition) is 4. The summed E-state index contributed by atoms with van der Waals surface area (Å²) in [5.41, 5.74) is 0.998. The van der Waals surface area contributed by atoms with Gasteiger partial charge in [0, 0.05) is 44.5 Å². The van der Waals surface area contributed by atoms with E-state index in [1.54, 1.807) is 27.6 Å². The number of carbonyl (C=O) groups excluding carboxylic acids is 1. The van der Waals surface area contributed by atoms with Crippen molar-refractivity contribution in [2.24, 2.45) is 0 Å². The van der Waals surface area contributed by atoms with E-state index in [-0.39, 0.29) is 11.9 Å². The summed E-state index contributed by atoms with van der Waals surface area (Å²) in [6.45, 7) is 1.82. The van der Waals surface area contributed by atoms with Crippen molar-refractivity contribution >= 4 is 37.5 Å². The lowest BCUT2D eigenvalue weighted by Gasteiger charge is -2.37. The molecule has 4 rings (SSSR count). The summed E-state index contributed by atoms with van der Waals surface area (Å²) in [7, 11) is 0.0882. The topological polar surface area (TPSA) is 60.9 Å². The van der Waals surface area contributed by atoms with E-state index in [4.69, 9.17) is 0 Å². The first kappa shape index (κ1) is 20.8. The highest BCUT2D eigenvalue weighted by Crippen LogP contribution is 2.36. The second-order valence-electron chi connectivity index (χ2n) is 8.18. The monoisotopic (exact) mass is 435 g/mol. The van der Waals surface area contributed by atoms with E-state index in [0.717, 1.165) is 52.6 Å². The number of fused-ring (bicyclic) bond motifs is 1. The van der Waals surface area contributed by atoms with Gasteiger partial charge in [0.05, 0.1) is 4.88 Å². The molecule has 2 aromatic rings. The molecule has 3 heterocycles. The van der Waals surface area contributed by atoms with Gasteiger partial charge in [0.25, 0.3) is 16.1 Å². The van der Waals surface area contributed by atoms with Crippen LogP contribution in [0.15, 0.2) is 24.3 Å². The van der Waals surface area contributed by atoms with Crippen LogP contribution < -0.4 is 0 Å². The average molecular weight is 436 g/mol. The van der Waals surface area contributed by atoms with Gasteiger partial charge in [0.1, 0.15) is 0 Å². The van der Waals surface area contributed by atoms with E-state index in [1.807, 2.05) is 18.2 Å². The normalized spacial score (nSPS) is 21.7. The van der Waals surface area contributed by atoms with E-state index < -0.39 is 10.2 Å². The number of benzene rings is 1. The molecule has 2 fully saturated rings. The molecule has 0 saturated carbocycles. The van der Waals surface area contributed by atoms with E-state index in [9.17, 15) is 13.2 Å². The molecule has 0 unspecified atom stereocenters. The van der Waals surface area contributed by atoms with E-state index in [0.29, 0.717) is 26.1 Å². The molecule has 0 spiro atoms. The molecule has 158 valence electrons. The molecule has 0 radical (unpaired) electrons. The molecule has 0 bridgehead atoms. The van der Waals surface area contributed by atoms with Crippen molar-refractivity contribution in [2.75, 3.05) is 33.7 Å². The van der Waals surface area contributed by atoms with Crippen LogP contribution >= 0.6 is 11.3 Å². The molecule has 0 aliphatic carbocycles. The third kappa shape index (κ3) is 3.95. The van der Waals surface area contributed by atoms with Gasteiger partial charge in [0.15, 0.2) is 0 Å². The van der Waals surface area contributed by atoms with Gasteiger partial charge in [0.2, 0.25) is 0 Å². The zero-order valence-electron chi connectivity index (χ0n) is 17.1. The van der Waals surface area contributed by atoms with Crippen LogP contribution in [0.5, 0.6) is 0 Å². The smallest absolute Gasteiger partial charge is 0.282 e. The minimum absolute atomic E-state index is 0.00837. The van der Waals surface area contributed by atoms with Crippen LogP contribution in [0.25, 0.3) is 10.1 Å². The first-order chi connectivity index (χ1) is 13.9. The molecule has 2 aliphatic heterocycles. The summed E-state index contributed by atoms with van der Waals surface area (Å²) in [6, 6.07) is 7.96. The number of rotatable bonds is 5. The van der Waals surface area contributed by atoms with Crippen molar-refractivity contribution in [1.82, 2.24) is 13.5 Å². The highest BCUT2D eigenvalue weighted by molar-refractivity contribution is 7.86. The summed E-state index contributed by atoms with van der Waals surface area (Å²) >= 11 is 1.51. The van der Waals surface area contributed by atoms with Crippen LogP contribution in [-0.4, -0.2) is 67.6 Å². The minimum Gasteiger partial charge on any atom is -0.344 e. The van der Waals surface area contributed by atoms with Crippen molar-refractivity contribution in [1.29, 1.82) is 0 Å². The van der Waals surface area contributed by atoms with Gasteiger partial charge in [-0.05, 0) is 49.1 Å². The molecule has 1 amide bonds. The van der Waals surface area contributed by atoms with Crippen LogP contribution in [0.1, 0.15) is 47.3 Å². The summed E-state index contributed by atoms with van der Waals surface area (Å²) in [6.07, 6.45) is 5.23. The molecule has 2 saturated heterocycles. The Morgan fingerprint density at radius 3 is 2.52 bits per heavy atom. The van der Waals surface area contributed by atoms with Gasteiger partial charge in [-0.1, -0.05) is 24.6 Å². The van der Waals surface area contributed by atoms with Crippen LogP contribution in [0.4, 0.5) is 0 Å². The number of thiophene rings is 1. The maximum absolute atomic E-state index is 13.3. The molecule has 1 aromatic heterocycles. The van der Waals surface area contributed by atoms with Crippen LogP contribution in [0.2, 0.25) is 0 Å². The lowest BCUT2D eigenvalue weighted by atomic mass is 9.95. The number of amides is 1. The lowest BCUT2D eigenvalue weighted by Crippen LogP contribution is -2.50. The van der Waals surface area contributed by atoms with E-state index in [1.165, 1.54) is 11.3 Å². The molecular weight excluding hydrogens is 406 g/mol. The fraction of sp³-hybridized carbons (Fsp3) is 0.571. The van der Waals surface area contributed by atoms with E-state index >= 15 is 0 Å². The second-order valence-corrected chi connectivity index (χ2v) is 11.1. The molecule has 6 nitrogen and oxygen atoms in total. The first-order valence-electron chi connectivity index (χ1n) is 10.4. The molecule has 0 N–H and O–H groups in total. The average Bonchev–Trinajstić information content (AvgIpc) is 3.37. The Balaban J connectivity index is 1.71. The molecule has 1 aromatic carbocycles. The first-order valence-corrected chi connectivity index (χ1v) is 12.6. The molecular formula is C21H29N3O3S2. The third-order valence-corrected chi connectivity index (χ3v) is 9.29. The molecule has 2 aliphatic rings. The maximum atomic E-state index is 13.3. The predicted octanol–water partition coefficient (Wildman–Crippen LogP) is 3.34. The summed E-state index contributed by atoms with van der Waals surface area (Å²) < 4.78 is 31.0. The Kier molecular flexibility index (Phi) is 5.97. The number of carbonyl (C=O) groups is 1. The number of nitrogens with zero attached hydrogens (tertiary/aromatic N) is 3. The Hall–Kier alpha value is -1.48. The van der Waals surface area contributed by atoms with Gasteiger partial charge in [-0.15, -0.1) is 11.3 Å². The van der Waals surface area contributed by atoms with E-state index in [2.05, 4.69) is 6.07 Å². The molecule has 29 heavy (non-hydrogen) atoms. The van der Waals surface area contributed by atoms with Crippen LogP contribution in [0.3, 0.4) is 0 Å². The van der Waals surface area contributed by atoms with Crippen molar-refractivity contribution in [3.63, 3.8) is 0 Å². The highest BCUT2D eigenvalue weighted by atomic mass is 32.2. The van der Waals surface area contributed by atoms with Crippen LogP contribution in [-0.2, 0) is 16.6 Å². The van der Waals surface area contributed by atoms with Gasteiger partial charge in [-0.3, -0.25) is 4.79 Å². The van der Waals surface area contributed by atoms with Crippen molar-refractivity contribution in [2.45, 2.75) is 44.6 Å². The quantitative estimate of drug-likeness (QED) is 0.724. The van der Waals surface area contributed by atoms with Crippen molar-refractivity contribution < 1.29 is 13.2 Å². The molecule has 1 atom stereocenters. The predicted molar refractivity (Wildman–Crippen MR) is 118 cm³/mol. The van der Waals surface area contributed by atoms with Crippen molar-refractivity contribution in [3.8, 4) is 0 Å². The van der Waals surface area contributed by atoms with Crippen LogP contribution in [0, 0.1) is 0 Å². The largest absolute Gasteiger partial charge is 0.344 e. The van der Waals surface area contributed by atoms with Crippen molar-refractivity contribution in [3.05, 3.63) is 34.7 Å². The Labute approximate surface area is 177 Å². The van der Waals surface area contributed by atoms with Gasteiger partial charge < -0.3 is 4.90 Å². The Morgan fingerprint density at radius 2 is 1.79 bits per heavy atom. The molecule has 8 heteroatoms. The van der Waals surface area contributed by atoms with Gasteiger partial charge in [-0.2, -0.15) is 17.0 Å². The zero-order chi connectivity index (χ0) is 20.6.